The summed E-state index contributed by atoms with van der Waals surface area (Å²) in [6, 6.07) is 4.62. The molecule has 0 spiro atoms. The molecule has 0 N–H and O–H groups in total. The van der Waals surface area contributed by atoms with Crippen LogP contribution >= 0.6 is 11.6 Å². The van der Waals surface area contributed by atoms with Gasteiger partial charge in [0.05, 0.1) is 19.6 Å². The molecule has 0 fully saturated rings. The van der Waals surface area contributed by atoms with Crippen LogP contribution in [0.2, 0.25) is 5.02 Å². The fraction of sp³-hybridized carbons (Fsp3) is 0.385. The Morgan fingerprint density at radius 1 is 1.16 bits per heavy atom. The molecule has 0 radical (unpaired) electrons. The first-order valence-electron chi connectivity index (χ1n) is 5.85. The molecular weight excluding hydrogens is 272 g/mol. The van der Waals surface area contributed by atoms with Crippen molar-refractivity contribution in [3.8, 4) is 5.75 Å². The van der Waals surface area contributed by atoms with E-state index < -0.39 is 12.1 Å². The second-order valence-corrected chi connectivity index (χ2v) is 3.96. The average molecular weight is 287 g/mol. The largest absolute Gasteiger partial charge is 0.513 e. The van der Waals surface area contributed by atoms with Gasteiger partial charge < -0.3 is 14.2 Å². The van der Waals surface area contributed by atoms with Crippen molar-refractivity contribution in [1.29, 1.82) is 0 Å². The first-order valence-corrected chi connectivity index (χ1v) is 6.23. The zero-order chi connectivity index (χ0) is 14.3. The minimum atomic E-state index is -0.824. The predicted molar refractivity (Wildman–Crippen MR) is 69.4 cm³/mol. The van der Waals surface area contributed by atoms with Crippen molar-refractivity contribution in [1.82, 2.24) is 0 Å². The summed E-state index contributed by atoms with van der Waals surface area (Å²) < 4.78 is 14.5. The Balaban J connectivity index is 2.85. The zero-order valence-electron chi connectivity index (χ0n) is 10.8. The van der Waals surface area contributed by atoms with E-state index >= 15 is 0 Å². The maximum Gasteiger partial charge on any atom is 0.513 e. The molecule has 0 aliphatic rings. The van der Waals surface area contributed by atoms with Crippen molar-refractivity contribution in [3.05, 3.63) is 28.8 Å². The van der Waals surface area contributed by atoms with E-state index in [1.54, 1.807) is 26.0 Å². The smallest absolute Gasteiger partial charge is 0.466 e. The van der Waals surface area contributed by atoms with Gasteiger partial charge in [-0.2, -0.15) is 0 Å². The summed E-state index contributed by atoms with van der Waals surface area (Å²) in [4.78, 5) is 22.7. The Morgan fingerprint density at radius 2 is 1.84 bits per heavy atom. The minimum absolute atomic E-state index is 0.0247. The fourth-order valence-corrected chi connectivity index (χ4v) is 1.59. The topological polar surface area (TPSA) is 61.8 Å². The van der Waals surface area contributed by atoms with E-state index in [0.29, 0.717) is 10.6 Å². The van der Waals surface area contributed by atoms with E-state index in [1.807, 2.05) is 0 Å². The van der Waals surface area contributed by atoms with Gasteiger partial charge in [-0.1, -0.05) is 11.6 Å². The number of halogens is 1. The third kappa shape index (κ3) is 5.18. The van der Waals surface area contributed by atoms with Crippen LogP contribution in [0.4, 0.5) is 4.79 Å². The Bertz CT molecular complexity index is 458. The fourth-order valence-electron chi connectivity index (χ4n) is 1.39. The maximum atomic E-state index is 11.5. The van der Waals surface area contributed by atoms with Crippen LogP contribution in [0.25, 0.3) is 0 Å². The monoisotopic (exact) mass is 286 g/mol. The van der Waals surface area contributed by atoms with Crippen LogP contribution in [0.3, 0.4) is 0 Å². The van der Waals surface area contributed by atoms with Crippen LogP contribution < -0.4 is 4.74 Å². The Morgan fingerprint density at radius 3 is 2.47 bits per heavy atom. The number of benzene rings is 1. The highest BCUT2D eigenvalue weighted by molar-refractivity contribution is 6.30. The van der Waals surface area contributed by atoms with Crippen LogP contribution in [0.1, 0.15) is 19.4 Å². The van der Waals surface area contributed by atoms with Gasteiger partial charge >= 0.3 is 12.1 Å². The third-order valence-electron chi connectivity index (χ3n) is 2.12. The van der Waals surface area contributed by atoms with Crippen molar-refractivity contribution in [2.45, 2.75) is 20.3 Å². The first-order chi connectivity index (χ1) is 9.06. The standard InChI is InChI=1S/C13H15ClO5/c1-3-17-12(15)8-9-7-10(14)5-6-11(9)19-13(16)18-4-2/h5-7H,3-4,8H2,1-2H3. The summed E-state index contributed by atoms with van der Waals surface area (Å²) in [6.45, 7) is 3.88. The lowest BCUT2D eigenvalue weighted by molar-refractivity contribution is -0.142. The molecule has 0 amide bonds. The van der Waals surface area contributed by atoms with Gasteiger partial charge in [0, 0.05) is 10.6 Å². The normalized spacial score (nSPS) is 9.84. The van der Waals surface area contributed by atoms with Crippen LogP contribution in [-0.2, 0) is 20.7 Å². The summed E-state index contributed by atoms with van der Waals surface area (Å²) >= 11 is 5.85. The van der Waals surface area contributed by atoms with Gasteiger partial charge in [-0.05, 0) is 32.0 Å². The quantitative estimate of drug-likeness (QED) is 0.615. The molecule has 0 aliphatic carbocycles. The lowest BCUT2D eigenvalue weighted by Gasteiger charge is -2.10. The van der Waals surface area contributed by atoms with Crippen LogP contribution in [-0.4, -0.2) is 25.3 Å². The maximum absolute atomic E-state index is 11.5. The van der Waals surface area contributed by atoms with E-state index in [4.69, 9.17) is 21.1 Å². The molecule has 0 unspecified atom stereocenters. The number of esters is 1. The molecule has 0 bridgehead atoms. The summed E-state index contributed by atoms with van der Waals surface area (Å²) in [5.41, 5.74) is 0.471. The second kappa shape index (κ2) is 7.63. The van der Waals surface area contributed by atoms with Gasteiger partial charge in [-0.25, -0.2) is 4.79 Å². The molecule has 1 aromatic rings. The van der Waals surface area contributed by atoms with Crippen molar-refractivity contribution in [2.75, 3.05) is 13.2 Å². The molecule has 1 rings (SSSR count). The number of hydrogen-bond acceptors (Lipinski definition) is 5. The number of ether oxygens (including phenoxy) is 3. The number of carbonyl (C=O) groups excluding carboxylic acids is 2. The summed E-state index contributed by atoms with van der Waals surface area (Å²) in [5, 5.41) is 0.440. The number of hydrogen-bond donors (Lipinski definition) is 0. The van der Waals surface area contributed by atoms with Crippen LogP contribution in [0.15, 0.2) is 18.2 Å². The second-order valence-electron chi connectivity index (χ2n) is 3.52. The molecule has 0 atom stereocenters. The first kappa shape index (κ1) is 15.3. The van der Waals surface area contributed by atoms with E-state index in [0.717, 1.165) is 0 Å². The van der Waals surface area contributed by atoms with Gasteiger partial charge in [0.15, 0.2) is 0 Å². The van der Waals surface area contributed by atoms with Gasteiger partial charge in [-0.15, -0.1) is 0 Å². The molecule has 1 aromatic carbocycles. The van der Waals surface area contributed by atoms with Gasteiger partial charge in [0.1, 0.15) is 5.75 Å². The highest BCUT2D eigenvalue weighted by atomic mass is 35.5. The number of rotatable bonds is 5. The molecule has 0 aliphatic heterocycles. The van der Waals surface area contributed by atoms with Crippen molar-refractivity contribution >= 4 is 23.7 Å². The Kier molecular flexibility index (Phi) is 6.15. The highest BCUT2D eigenvalue weighted by Gasteiger charge is 2.14. The minimum Gasteiger partial charge on any atom is -0.466 e. The van der Waals surface area contributed by atoms with Crippen LogP contribution in [0.5, 0.6) is 5.75 Å². The molecule has 5 nitrogen and oxygen atoms in total. The molecule has 0 saturated carbocycles. The molecule has 19 heavy (non-hydrogen) atoms. The van der Waals surface area contributed by atoms with E-state index in [1.165, 1.54) is 6.07 Å². The molecule has 6 heteroatoms. The Hall–Kier alpha value is -1.75. The highest BCUT2D eigenvalue weighted by Crippen LogP contribution is 2.24. The number of carbonyl (C=O) groups is 2. The molecule has 0 aromatic heterocycles. The molecule has 104 valence electrons. The zero-order valence-corrected chi connectivity index (χ0v) is 11.5. The summed E-state index contributed by atoms with van der Waals surface area (Å²) in [7, 11) is 0. The molecular formula is C13H15ClO5. The lowest BCUT2D eigenvalue weighted by Crippen LogP contribution is -2.13. The molecule has 0 heterocycles. The third-order valence-corrected chi connectivity index (χ3v) is 2.35. The van der Waals surface area contributed by atoms with E-state index in [2.05, 4.69) is 4.74 Å². The van der Waals surface area contributed by atoms with Gasteiger partial charge in [0.25, 0.3) is 0 Å². The average Bonchev–Trinajstić information content (AvgIpc) is 2.33. The summed E-state index contributed by atoms with van der Waals surface area (Å²) in [6.07, 6.45) is -0.849. The van der Waals surface area contributed by atoms with E-state index in [9.17, 15) is 9.59 Å². The van der Waals surface area contributed by atoms with Gasteiger partial charge in [0.2, 0.25) is 0 Å². The van der Waals surface area contributed by atoms with Crippen molar-refractivity contribution in [2.24, 2.45) is 0 Å². The summed E-state index contributed by atoms with van der Waals surface area (Å²) in [5.74, 6) is -0.186. The Labute approximate surface area is 116 Å². The lowest BCUT2D eigenvalue weighted by atomic mass is 10.1. The van der Waals surface area contributed by atoms with Crippen LogP contribution in [0, 0.1) is 0 Å². The SMILES string of the molecule is CCOC(=O)Cc1cc(Cl)ccc1OC(=O)OCC. The van der Waals surface area contributed by atoms with E-state index in [-0.39, 0.29) is 25.4 Å². The van der Waals surface area contributed by atoms with Crippen molar-refractivity contribution < 1.29 is 23.8 Å². The van der Waals surface area contributed by atoms with Gasteiger partial charge in [-0.3, -0.25) is 4.79 Å². The molecule has 0 saturated heterocycles. The predicted octanol–water partition coefficient (Wildman–Crippen LogP) is 2.98. The van der Waals surface area contributed by atoms with Crippen molar-refractivity contribution in [3.63, 3.8) is 0 Å².